The maximum Gasteiger partial charge on any atom is 0.179 e. The zero-order valence-corrected chi connectivity index (χ0v) is 11.5. The van der Waals surface area contributed by atoms with Crippen molar-refractivity contribution in [2.45, 2.75) is 6.92 Å². The number of aromatic nitrogens is 1. The number of aromatic hydroxyl groups is 1. The van der Waals surface area contributed by atoms with Gasteiger partial charge in [-0.05, 0) is 25.1 Å². The van der Waals surface area contributed by atoms with Gasteiger partial charge in [-0.15, -0.1) is 0 Å². The van der Waals surface area contributed by atoms with Gasteiger partial charge in [-0.3, -0.25) is 9.69 Å². The summed E-state index contributed by atoms with van der Waals surface area (Å²) in [5.41, 5.74) is 2.41. The first kappa shape index (κ1) is 13.1. The van der Waals surface area contributed by atoms with Crippen LogP contribution in [0.15, 0.2) is 18.2 Å². The largest absolute Gasteiger partial charge is 0.508 e. The van der Waals surface area contributed by atoms with Crippen LogP contribution in [0.25, 0.3) is 10.9 Å². The van der Waals surface area contributed by atoms with Gasteiger partial charge in [-0.1, -0.05) is 0 Å². The number of nitrogens with one attached hydrogen (secondary N) is 1. The molecule has 0 radical (unpaired) electrons. The van der Waals surface area contributed by atoms with Gasteiger partial charge in [-0.25, -0.2) is 0 Å². The third-order valence-corrected chi connectivity index (χ3v) is 3.72. The van der Waals surface area contributed by atoms with E-state index in [-0.39, 0.29) is 11.5 Å². The number of carbonyl (C=O) groups excluding carboxylic acids is 1. The minimum Gasteiger partial charge on any atom is -0.508 e. The lowest BCUT2D eigenvalue weighted by molar-refractivity contribution is 0.0371. The van der Waals surface area contributed by atoms with Crippen LogP contribution in [0, 0.1) is 6.92 Å². The molecule has 1 saturated heterocycles. The van der Waals surface area contributed by atoms with Gasteiger partial charge in [-0.2, -0.15) is 0 Å². The minimum atomic E-state index is 0.0845. The second-order valence-corrected chi connectivity index (χ2v) is 5.17. The number of hydrogen-bond donors (Lipinski definition) is 2. The maximum absolute atomic E-state index is 12.5. The molecule has 3 rings (SSSR count). The topological polar surface area (TPSA) is 65.6 Å². The summed E-state index contributed by atoms with van der Waals surface area (Å²) in [5, 5.41) is 10.4. The van der Waals surface area contributed by atoms with Gasteiger partial charge in [0.1, 0.15) is 5.75 Å². The number of fused-ring (bicyclic) bond motifs is 1. The normalized spacial score (nSPS) is 16.6. The molecule has 20 heavy (non-hydrogen) atoms. The van der Waals surface area contributed by atoms with Crippen molar-refractivity contribution in [1.82, 2.24) is 9.88 Å². The van der Waals surface area contributed by atoms with Crippen molar-refractivity contribution in [2.75, 3.05) is 32.8 Å². The molecule has 0 saturated carbocycles. The predicted octanol–water partition coefficient (Wildman–Crippen LogP) is 1.70. The second kappa shape index (κ2) is 5.26. The Kier molecular flexibility index (Phi) is 3.46. The minimum absolute atomic E-state index is 0.0845. The molecular formula is C15H18N2O3. The average molecular weight is 274 g/mol. The Morgan fingerprint density at radius 3 is 2.90 bits per heavy atom. The smallest absolute Gasteiger partial charge is 0.179 e. The molecule has 0 unspecified atom stereocenters. The monoisotopic (exact) mass is 274 g/mol. The maximum atomic E-state index is 12.5. The van der Waals surface area contributed by atoms with Crippen LogP contribution in [0.1, 0.15) is 16.1 Å². The summed E-state index contributed by atoms with van der Waals surface area (Å²) in [4.78, 5) is 17.8. The molecule has 5 heteroatoms. The van der Waals surface area contributed by atoms with Crippen molar-refractivity contribution in [2.24, 2.45) is 0 Å². The highest BCUT2D eigenvalue weighted by Crippen LogP contribution is 2.26. The molecule has 1 fully saturated rings. The van der Waals surface area contributed by atoms with E-state index in [0.29, 0.717) is 25.3 Å². The summed E-state index contributed by atoms with van der Waals surface area (Å²) >= 11 is 0. The Morgan fingerprint density at radius 2 is 2.15 bits per heavy atom. The lowest BCUT2D eigenvalue weighted by Crippen LogP contribution is -2.39. The van der Waals surface area contributed by atoms with Crippen LogP contribution in [0.2, 0.25) is 0 Å². The molecule has 2 aromatic rings. The number of ether oxygens (including phenoxy) is 1. The van der Waals surface area contributed by atoms with E-state index in [2.05, 4.69) is 9.88 Å². The number of Topliss-reactive ketones (excluding diaryl/α,β-unsaturated/α-hetero) is 1. The van der Waals surface area contributed by atoms with E-state index in [1.807, 2.05) is 6.92 Å². The molecule has 0 aliphatic carbocycles. The molecule has 1 aliphatic rings. The number of nitrogens with zero attached hydrogens (tertiary/aromatic N) is 1. The fraction of sp³-hybridized carbons (Fsp3) is 0.400. The van der Waals surface area contributed by atoms with Crippen LogP contribution in [-0.4, -0.2) is 53.6 Å². The molecule has 1 aromatic heterocycles. The van der Waals surface area contributed by atoms with Gasteiger partial charge in [0.05, 0.1) is 19.8 Å². The van der Waals surface area contributed by atoms with Crippen molar-refractivity contribution in [3.05, 3.63) is 29.5 Å². The predicted molar refractivity (Wildman–Crippen MR) is 76.3 cm³/mol. The SMILES string of the molecule is Cc1[nH]c2ccc(O)cc2c1C(=O)CN1CCOCC1. The van der Waals surface area contributed by atoms with Crippen molar-refractivity contribution in [3.8, 4) is 5.75 Å². The number of morpholine rings is 1. The number of aromatic amines is 1. The number of aryl methyl sites for hydroxylation is 1. The van der Waals surface area contributed by atoms with Gasteiger partial charge in [0.15, 0.2) is 5.78 Å². The lowest BCUT2D eigenvalue weighted by atomic mass is 10.1. The molecule has 1 aromatic carbocycles. The number of phenolic OH excluding ortho intramolecular Hbond substituents is 1. The number of ketones is 1. The first-order valence-electron chi connectivity index (χ1n) is 6.80. The third kappa shape index (κ3) is 2.42. The van der Waals surface area contributed by atoms with Gasteiger partial charge >= 0.3 is 0 Å². The van der Waals surface area contributed by atoms with Crippen LogP contribution < -0.4 is 0 Å². The lowest BCUT2D eigenvalue weighted by Gasteiger charge is -2.25. The van der Waals surface area contributed by atoms with Gasteiger partial charge in [0, 0.05) is 35.2 Å². The fourth-order valence-electron chi connectivity index (χ4n) is 2.72. The zero-order valence-electron chi connectivity index (χ0n) is 11.5. The summed E-state index contributed by atoms with van der Waals surface area (Å²) in [6.45, 7) is 5.23. The van der Waals surface area contributed by atoms with Crippen LogP contribution in [0.3, 0.4) is 0 Å². The molecule has 106 valence electrons. The Hall–Kier alpha value is -1.85. The molecule has 5 nitrogen and oxygen atoms in total. The molecule has 0 atom stereocenters. The van der Waals surface area contributed by atoms with Gasteiger partial charge in [0.2, 0.25) is 0 Å². The summed E-state index contributed by atoms with van der Waals surface area (Å²) in [6.07, 6.45) is 0. The van der Waals surface area contributed by atoms with E-state index < -0.39 is 0 Å². The van der Waals surface area contributed by atoms with Crippen LogP contribution in [-0.2, 0) is 4.74 Å². The van der Waals surface area contributed by atoms with Gasteiger partial charge in [0.25, 0.3) is 0 Å². The molecule has 2 N–H and O–H groups in total. The molecular weight excluding hydrogens is 256 g/mol. The number of rotatable bonds is 3. The summed E-state index contributed by atoms with van der Waals surface area (Å²) in [7, 11) is 0. The third-order valence-electron chi connectivity index (χ3n) is 3.72. The highest BCUT2D eigenvalue weighted by Gasteiger charge is 2.20. The Labute approximate surface area is 117 Å². The Morgan fingerprint density at radius 1 is 1.40 bits per heavy atom. The molecule has 1 aliphatic heterocycles. The summed E-state index contributed by atoms with van der Waals surface area (Å²) in [6, 6.07) is 5.06. The average Bonchev–Trinajstić information content (AvgIpc) is 2.75. The van der Waals surface area contributed by atoms with Crippen LogP contribution in [0.5, 0.6) is 5.75 Å². The number of benzene rings is 1. The number of phenols is 1. The summed E-state index contributed by atoms with van der Waals surface area (Å²) < 4.78 is 5.29. The van der Waals surface area contributed by atoms with E-state index in [0.717, 1.165) is 29.7 Å². The van der Waals surface area contributed by atoms with Crippen molar-refractivity contribution < 1.29 is 14.6 Å². The standard InChI is InChI=1S/C15H18N2O3/c1-10-15(12-8-11(18)2-3-13(12)16-10)14(19)9-17-4-6-20-7-5-17/h2-3,8,16,18H,4-7,9H2,1H3. The molecule has 0 amide bonds. The number of carbonyl (C=O) groups is 1. The highest BCUT2D eigenvalue weighted by atomic mass is 16.5. The highest BCUT2D eigenvalue weighted by molar-refractivity contribution is 6.10. The van der Waals surface area contributed by atoms with Crippen molar-refractivity contribution in [1.29, 1.82) is 0 Å². The first-order chi connectivity index (χ1) is 9.65. The number of H-pyrrole nitrogens is 1. The van der Waals surface area contributed by atoms with Crippen LogP contribution >= 0.6 is 0 Å². The quantitative estimate of drug-likeness (QED) is 0.836. The molecule has 0 spiro atoms. The van der Waals surface area contributed by atoms with Crippen molar-refractivity contribution in [3.63, 3.8) is 0 Å². The van der Waals surface area contributed by atoms with Crippen molar-refractivity contribution >= 4 is 16.7 Å². The van der Waals surface area contributed by atoms with E-state index >= 15 is 0 Å². The van der Waals surface area contributed by atoms with Gasteiger partial charge < -0.3 is 14.8 Å². The molecule has 0 bridgehead atoms. The number of hydrogen-bond acceptors (Lipinski definition) is 4. The fourth-order valence-corrected chi connectivity index (χ4v) is 2.72. The first-order valence-corrected chi connectivity index (χ1v) is 6.80. The Bertz CT molecular complexity index is 642. The van der Waals surface area contributed by atoms with E-state index in [9.17, 15) is 9.90 Å². The Balaban J connectivity index is 1.90. The zero-order chi connectivity index (χ0) is 14.1. The van der Waals surface area contributed by atoms with Crippen LogP contribution in [0.4, 0.5) is 0 Å². The molecule has 2 heterocycles. The van der Waals surface area contributed by atoms with E-state index in [1.54, 1.807) is 18.2 Å². The van der Waals surface area contributed by atoms with E-state index in [1.165, 1.54) is 0 Å². The van der Waals surface area contributed by atoms with E-state index in [4.69, 9.17) is 4.74 Å². The second-order valence-electron chi connectivity index (χ2n) is 5.17. The summed E-state index contributed by atoms with van der Waals surface area (Å²) in [5.74, 6) is 0.262.